The number of nitrogens with one attached hydrogen (secondary N) is 1. The Labute approximate surface area is 157 Å². The van der Waals surface area contributed by atoms with E-state index in [1.165, 1.54) is 12.1 Å². The molecule has 3 rings (SSSR count). The number of hydrogen-bond acceptors (Lipinski definition) is 4. The summed E-state index contributed by atoms with van der Waals surface area (Å²) in [7, 11) is 0. The van der Waals surface area contributed by atoms with Gasteiger partial charge in [-0.05, 0) is 48.5 Å². The minimum Gasteiger partial charge on any atom is -0.339 e. The summed E-state index contributed by atoms with van der Waals surface area (Å²) in [6, 6.07) is 11.1. The number of anilines is 1. The molecule has 0 saturated heterocycles. The lowest BCUT2D eigenvalue weighted by Gasteiger charge is -2.08. The van der Waals surface area contributed by atoms with E-state index in [2.05, 4.69) is 15.5 Å². The molecule has 0 fully saturated rings. The van der Waals surface area contributed by atoms with Crippen LogP contribution in [0.4, 0.5) is 18.9 Å². The fourth-order valence-corrected chi connectivity index (χ4v) is 2.39. The molecule has 0 unspecified atom stereocenters. The van der Waals surface area contributed by atoms with Crippen molar-refractivity contribution in [2.45, 2.75) is 19.0 Å². The average Bonchev–Trinajstić information content (AvgIpc) is 3.09. The van der Waals surface area contributed by atoms with E-state index in [-0.39, 0.29) is 30.3 Å². The highest BCUT2D eigenvalue weighted by Crippen LogP contribution is 2.29. The normalized spacial score (nSPS) is 11.4. The number of carbonyl (C=O) groups excluding carboxylic acids is 1. The van der Waals surface area contributed by atoms with E-state index in [0.717, 1.165) is 17.7 Å². The lowest BCUT2D eigenvalue weighted by molar-refractivity contribution is -0.137. The smallest absolute Gasteiger partial charge is 0.339 e. The van der Waals surface area contributed by atoms with Crippen LogP contribution in [0, 0.1) is 0 Å². The minimum atomic E-state index is -4.41. The Hall–Kier alpha value is -2.87. The average molecular weight is 396 g/mol. The van der Waals surface area contributed by atoms with Gasteiger partial charge in [0, 0.05) is 29.1 Å². The Balaban J connectivity index is 1.54. The van der Waals surface area contributed by atoms with Crippen molar-refractivity contribution in [3.8, 4) is 11.4 Å². The summed E-state index contributed by atoms with van der Waals surface area (Å²) in [5.41, 5.74) is 0.227. The number of benzene rings is 2. The van der Waals surface area contributed by atoms with E-state index < -0.39 is 11.7 Å². The maximum atomic E-state index is 12.5. The van der Waals surface area contributed by atoms with Gasteiger partial charge in [-0.3, -0.25) is 4.79 Å². The van der Waals surface area contributed by atoms with Crippen molar-refractivity contribution in [3.63, 3.8) is 0 Å². The Bertz CT molecular complexity index is 922. The second-order valence-corrected chi connectivity index (χ2v) is 6.08. The van der Waals surface area contributed by atoms with E-state index in [4.69, 9.17) is 16.1 Å². The SMILES string of the molecule is O=C(CCc1nc(-c2ccc(Cl)cc2)no1)Nc1ccc(C(F)(F)F)cc1. The quantitative estimate of drug-likeness (QED) is 0.661. The fourth-order valence-electron chi connectivity index (χ4n) is 2.26. The van der Waals surface area contributed by atoms with Crippen LogP contribution in [-0.2, 0) is 17.4 Å². The van der Waals surface area contributed by atoms with Gasteiger partial charge in [-0.2, -0.15) is 18.2 Å². The van der Waals surface area contributed by atoms with Crippen molar-refractivity contribution in [2.24, 2.45) is 0 Å². The molecule has 0 saturated carbocycles. The van der Waals surface area contributed by atoms with Gasteiger partial charge in [0.2, 0.25) is 17.6 Å². The van der Waals surface area contributed by atoms with E-state index in [9.17, 15) is 18.0 Å². The molecule has 0 radical (unpaired) electrons. The van der Waals surface area contributed by atoms with Gasteiger partial charge in [0.15, 0.2) is 0 Å². The molecular weight excluding hydrogens is 383 g/mol. The van der Waals surface area contributed by atoms with Gasteiger partial charge in [0.05, 0.1) is 5.56 Å². The van der Waals surface area contributed by atoms with Crippen molar-refractivity contribution in [2.75, 3.05) is 5.32 Å². The summed E-state index contributed by atoms with van der Waals surface area (Å²) in [4.78, 5) is 16.1. The molecule has 1 N–H and O–H groups in total. The highest BCUT2D eigenvalue weighted by Gasteiger charge is 2.29. The van der Waals surface area contributed by atoms with Gasteiger partial charge < -0.3 is 9.84 Å². The summed E-state index contributed by atoms with van der Waals surface area (Å²) in [5, 5.41) is 6.95. The second kappa shape index (κ2) is 7.79. The number of halogens is 4. The molecule has 1 aromatic heterocycles. The number of rotatable bonds is 5. The summed E-state index contributed by atoms with van der Waals surface area (Å²) >= 11 is 5.82. The summed E-state index contributed by atoms with van der Waals surface area (Å²) in [6.45, 7) is 0. The number of amides is 1. The number of nitrogens with zero attached hydrogens (tertiary/aromatic N) is 2. The summed E-state index contributed by atoms with van der Waals surface area (Å²) < 4.78 is 42.7. The molecule has 3 aromatic rings. The molecule has 0 aliphatic heterocycles. The summed E-state index contributed by atoms with van der Waals surface area (Å²) in [5.74, 6) is 0.285. The monoisotopic (exact) mass is 395 g/mol. The van der Waals surface area contributed by atoms with E-state index in [0.29, 0.717) is 10.8 Å². The molecule has 0 atom stereocenters. The van der Waals surface area contributed by atoms with Gasteiger partial charge in [0.1, 0.15) is 0 Å². The van der Waals surface area contributed by atoms with Gasteiger partial charge in [-0.25, -0.2) is 0 Å². The third-order valence-electron chi connectivity index (χ3n) is 3.63. The van der Waals surface area contributed by atoms with Gasteiger partial charge >= 0.3 is 6.18 Å². The molecule has 9 heteroatoms. The van der Waals surface area contributed by atoms with E-state index in [1.54, 1.807) is 24.3 Å². The standard InChI is InChI=1S/C18H13ClF3N3O2/c19-13-5-1-11(2-6-13)17-24-16(27-25-17)10-9-15(26)23-14-7-3-12(4-8-14)18(20,21)22/h1-8H,9-10H2,(H,23,26). The molecule has 0 spiro atoms. The molecule has 0 aliphatic rings. The van der Waals surface area contributed by atoms with Crippen LogP contribution in [-0.4, -0.2) is 16.0 Å². The molecule has 0 aliphatic carbocycles. The Morgan fingerprint density at radius 2 is 1.74 bits per heavy atom. The van der Waals surface area contributed by atoms with Gasteiger partial charge in [-0.1, -0.05) is 16.8 Å². The highest BCUT2D eigenvalue weighted by atomic mass is 35.5. The maximum Gasteiger partial charge on any atom is 0.416 e. The molecule has 5 nitrogen and oxygen atoms in total. The molecule has 2 aromatic carbocycles. The molecule has 140 valence electrons. The Morgan fingerprint density at radius 1 is 1.07 bits per heavy atom. The predicted octanol–water partition coefficient (Wildman–Crippen LogP) is 4.98. The zero-order valence-corrected chi connectivity index (χ0v) is 14.5. The summed E-state index contributed by atoms with van der Waals surface area (Å²) in [6.07, 6.45) is -4.17. The van der Waals surface area contributed by atoms with Crippen LogP contribution in [0.2, 0.25) is 5.02 Å². The topological polar surface area (TPSA) is 68.0 Å². The van der Waals surface area contributed by atoms with Crippen LogP contribution in [0.3, 0.4) is 0 Å². The molecule has 27 heavy (non-hydrogen) atoms. The lowest BCUT2D eigenvalue weighted by Crippen LogP contribution is -2.13. The van der Waals surface area contributed by atoms with Crippen LogP contribution in [0.15, 0.2) is 53.1 Å². The zero-order chi connectivity index (χ0) is 19.4. The molecule has 0 bridgehead atoms. The third-order valence-corrected chi connectivity index (χ3v) is 3.88. The first-order valence-corrected chi connectivity index (χ1v) is 8.25. The van der Waals surface area contributed by atoms with Crippen molar-refractivity contribution >= 4 is 23.2 Å². The van der Waals surface area contributed by atoms with Crippen molar-refractivity contribution in [1.29, 1.82) is 0 Å². The second-order valence-electron chi connectivity index (χ2n) is 5.64. The minimum absolute atomic E-state index is 0.0449. The van der Waals surface area contributed by atoms with Crippen molar-refractivity contribution in [3.05, 3.63) is 65.0 Å². The number of hydrogen-bond donors (Lipinski definition) is 1. The van der Waals surface area contributed by atoms with Crippen LogP contribution in [0.1, 0.15) is 17.9 Å². The largest absolute Gasteiger partial charge is 0.416 e. The molecular formula is C18H13ClF3N3O2. The van der Waals surface area contributed by atoms with Crippen LogP contribution in [0.5, 0.6) is 0 Å². The zero-order valence-electron chi connectivity index (χ0n) is 13.8. The first kappa shape index (κ1) is 18.9. The molecule has 1 heterocycles. The highest BCUT2D eigenvalue weighted by molar-refractivity contribution is 6.30. The number of aromatic nitrogens is 2. The fraction of sp³-hybridized carbons (Fsp3) is 0.167. The number of carbonyl (C=O) groups is 1. The van der Waals surface area contributed by atoms with Crippen molar-refractivity contribution < 1.29 is 22.5 Å². The number of aryl methyl sites for hydroxylation is 1. The molecule has 1 amide bonds. The lowest BCUT2D eigenvalue weighted by atomic mass is 10.2. The third kappa shape index (κ3) is 5.07. The van der Waals surface area contributed by atoms with Crippen LogP contribution < -0.4 is 5.32 Å². The van der Waals surface area contributed by atoms with E-state index in [1.807, 2.05) is 0 Å². The first-order valence-electron chi connectivity index (χ1n) is 7.87. The number of alkyl halides is 3. The van der Waals surface area contributed by atoms with Crippen LogP contribution >= 0.6 is 11.6 Å². The predicted molar refractivity (Wildman–Crippen MR) is 93.1 cm³/mol. The van der Waals surface area contributed by atoms with Crippen LogP contribution in [0.25, 0.3) is 11.4 Å². The maximum absolute atomic E-state index is 12.5. The van der Waals surface area contributed by atoms with Gasteiger partial charge in [-0.15, -0.1) is 0 Å². The first-order chi connectivity index (χ1) is 12.8. The van der Waals surface area contributed by atoms with Gasteiger partial charge in [0.25, 0.3) is 0 Å². The Morgan fingerprint density at radius 3 is 2.37 bits per heavy atom. The Kier molecular flexibility index (Phi) is 5.46. The van der Waals surface area contributed by atoms with E-state index >= 15 is 0 Å². The van der Waals surface area contributed by atoms with Crippen molar-refractivity contribution in [1.82, 2.24) is 10.1 Å².